The molecule has 0 amide bonds. The molecule has 0 aliphatic carbocycles. The molecular formula is C16H25NO. The third kappa shape index (κ3) is 3.69. The first-order valence-electron chi connectivity index (χ1n) is 6.49. The molecule has 0 fully saturated rings. The van der Waals surface area contributed by atoms with Crippen LogP contribution < -0.4 is 5.73 Å². The van der Waals surface area contributed by atoms with Gasteiger partial charge in [-0.3, -0.25) is 0 Å². The maximum absolute atomic E-state index is 6.10. The fourth-order valence-corrected chi connectivity index (χ4v) is 2.31. The Morgan fingerprint density at radius 3 is 2.56 bits per heavy atom. The van der Waals surface area contributed by atoms with Crippen LogP contribution in [-0.2, 0) is 11.2 Å². The normalized spacial score (nSPS) is 12.8. The van der Waals surface area contributed by atoms with Crippen molar-refractivity contribution in [3.8, 4) is 0 Å². The van der Waals surface area contributed by atoms with Gasteiger partial charge in [-0.1, -0.05) is 44.2 Å². The third-order valence-corrected chi connectivity index (χ3v) is 3.14. The van der Waals surface area contributed by atoms with Gasteiger partial charge in [0.05, 0.1) is 6.61 Å². The first-order valence-corrected chi connectivity index (χ1v) is 6.49. The molecule has 0 aromatic heterocycles. The fourth-order valence-electron chi connectivity index (χ4n) is 2.31. The van der Waals surface area contributed by atoms with Crippen LogP contribution in [0.25, 0.3) is 5.57 Å². The minimum atomic E-state index is 0.0352. The lowest BCUT2D eigenvalue weighted by molar-refractivity contribution is 0.180. The molecule has 0 spiro atoms. The molecule has 0 heterocycles. The Hall–Kier alpha value is -1.12. The smallest absolute Gasteiger partial charge is 0.0616 e. The van der Waals surface area contributed by atoms with E-state index in [-0.39, 0.29) is 6.04 Å². The van der Waals surface area contributed by atoms with Crippen molar-refractivity contribution in [2.24, 2.45) is 5.73 Å². The summed E-state index contributed by atoms with van der Waals surface area (Å²) in [5.41, 5.74) is 11.1. The van der Waals surface area contributed by atoms with E-state index in [0.717, 1.165) is 12.0 Å². The molecule has 18 heavy (non-hydrogen) atoms. The van der Waals surface area contributed by atoms with Crippen molar-refractivity contribution in [1.29, 1.82) is 0 Å². The fraction of sp³-hybridized carbons (Fsp3) is 0.500. The lowest BCUT2D eigenvalue weighted by atomic mass is 9.87. The van der Waals surface area contributed by atoms with Crippen molar-refractivity contribution >= 4 is 5.57 Å². The van der Waals surface area contributed by atoms with Crippen molar-refractivity contribution in [2.45, 2.75) is 39.2 Å². The second-order valence-electron chi connectivity index (χ2n) is 5.23. The molecule has 0 aliphatic rings. The molecule has 0 saturated carbocycles. The van der Waals surface area contributed by atoms with Crippen LogP contribution in [0.3, 0.4) is 0 Å². The molecule has 0 radical (unpaired) electrons. The van der Waals surface area contributed by atoms with E-state index in [1.165, 1.54) is 16.7 Å². The number of hydrogen-bond acceptors (Lipinski definition) is 2. The lowest BCUT2D eigenvalue weighted by Gasteiger charge is -2.20. The Bertz CT molecular complexity index is 410. The molecule has 0 saturated heterocycles. The highest BCUT2D eigenvalue weighted by Crippen LogP contribution is 2.27. The van der Waals surface area contributed by atoms with Crippen LogP contribution in [0.15, 0.2) is 24.8 Å². The first-order chi connectivity index (χ1) is 8.47. The maximum atomic E-state index is 6.10. The Balaban J connectivity index is 3.14. The molecule has 0 unspecified atom stereocenters. The van der Waals surface area contributed by atoms with Gasteiger partial charge >= 0.3 is 0 Å². The van der Waals surface area contributed by atoms with Gasteiger partial charge < -0.3 is 10.5 Å². The van der Waals surface area contributed by atoms with Gasteiger partial charge in [0.1, 0.15) is 0 Å². The zero-order valence-corrected chi connectivity index (χ0v) is 12.0. The van der Waals surface area contributed by atoms with E-state index in [4.69, 9.17) is 10.5 Å². The van der Waals surface area contributed by atoms with Gasteiger partial charge in [-0.2, -0.15) is 0 Å². The van der Waals surface area contributed by atoms with Crippen LogP contribution in [-0.4, -0.2) is 19.8 Å². The Morgan fingerprint density at radius 2 is 2.06 bits per heavy atom. The lowest BCUT2D eigenvalue weighted by Crippen LogP contribution is -2.29. The molecule has 1 atom stereocenters. The van der Waals surface area contributed by atoms with Crippen molar-refractivity contribution in [2.75, 3.05) is 13.7 Å². The quantitative estimate of drug-likeness (QED) is 0.836. The molecule has 100 valence electrons. The number of nitrogens with two attached hydrogens (primary N) is 1. The number of allylic oxidation sites excluding steroid dienone is 1. The van der Waals surface area contributed by atoms with Crippen LogP contribution in [0.5, 0.6) is 0 Å². The maximum Gasteiger partial charge on any atom is 0.0616 e. The summed E-state index contributed by atoms with van der Waals surface area (Å²) in [5.74, 6) is 0.494. The van der Waals surface area contributed by atoms with Gasteiger partial charge in [-0.15, -0.1) is 0 Å². The standard InChI is InChI=1S/C16H25NO/c1-11(2)14-7-6-8-15(12(3)4)16(14)9-13(17)10-18-5/h6-8,12-13H,1,9-10,17H2,2-5H3/t13-/m1/s1. The largest absolute Gasteiger partial charge is 0.383 e. The summed E-state index contributed by atoms with van der Waals surface area (Å²) < 4.78 is 5.13. The molecule has 0 bridgehead atoms. The molecule has 1 aromatic rings. The summed E-state index contributed by atoms with van der Waals surface area (Å²) in [4.78, 5) is 0. The van der Waals surface area contributed by atoms with Crippen LogP contribution in [0, 0.1) is 0 Å². The van der Waals surface area contributed by atoms with Gasteiger partial charge in [0.2, 0.25) is 0 Å². The molecule has 2 N–H and O–H groups in total. The van der Waals surface area contributed by atoms with E-state index in [2.05, 4.69) is 38.6 Å². The number of rotatable bonds is 6. The van der Waals surface area contributed by atoms with Crippen LogP contribution in [0.4, 0.5) is 0 Å². The highest BCUT2D eigenvalue weighted by atomic mass is 16.5. The minimum Gasteiger partial charge on any atom is -0.383 e. The molecule has 1 aromatic carbocycles. The van der Waals surface area contributed by atoms with Gasteiger partial charge in [-0.05, 0) is 36.0 Å². The summed E-state index contributed by atoms with van der Waals surface area (Å²) in [5, 5.41) is 0. The van der Waals surface area contributed by atoms with Crippen LogP contribution in [0.1, 0.15) is 43.4 Å². The highest BCUT2D eigenvalue weighted by molar-refractivity contribution is 5.66. The summed E-state index contributed by atoms with van der Waals surface area (Å²) in [6.07, 6.45) is 0.838. The zero-order valence-electron chi connectivity index (χ0n) is 12.0. The van der Waals surface area contributed by atoms with E-state index in [1.54, 1.807) is 7.11 Å². The molecule has 2 heteroatoms. The highest BCUT2D eigenvalue weighted by Gasteiger charge is 2.14. The average molecular weight is 247 g/mol. The minimum absolute atomic E-state index is 0.0352. The first kappa shape index (κ1) is 14.9. The van der Waals surface area contributed by atoms with Crippen LogP contribution >= 0.6 is 0 Å². The summed E-state index contributed by atoms with van der Waals surface area (Å²) in [6, 6.07) is 6.45. The zero-order chi connectivity index (χ0) is 13.7. The second-order valence-corrected chi connectivity index (χ2v) is 5.23. The van der Waals surface area contributed by atoms with Crippen molar-refractivity contribution < 1.29 is 4.74 Å². The molecule has 2 nitrogen and oxygen atoms in total. The number of ether oxygens (including phenoxy) is 1. The number of benzene rings is 1. The summed E-state index contributed by atoms with van der Waals surface area (Å²) in [6.45, 7) is 11.1. The van der Waals surface area contributed by atoms with E-state index in [9.17, 15) is 0 Å². The van der Waals surface area contributed by atoms with Gasteiger partial charge in [0.25, 0.3) is 0 Å². The third-order valence-electron chi connectivity index (χ3n) is 3.14. The SMILES string of the molecule is C=C(C)c1cccc(C(C)C)c1C[C@@H](N)COC. The molecule has 1 rings (SSSR count). The predicted octanol–water partition coefficient (Wildman–Crippen LogP) is 3.36. The van der Waals surface area contributed by atoms with Gasteiger partial charge in [-0.25, -0.2) is 0 Å². The second kappa shape index (κ2) is 6.72. The Morgan fingerprint density at radius 1 is 1.39 bits per heavy atom. The van der Waals surface area contributed by atoms with E-state index in [1.807, 2.05) is 6.92 Å². The Labute approximate surface area is 111 Å². The summed E-state index contributed by atoms with van der Waals surface area (Å²) in [7, 11) is 1.69. The monoisotopic (exact) mass is 247 g/mol. The average Bonchev–Trinajstić information content (AvgIpc) is 2.28. The van der Waals surface area contributed by atoms with Crippen molar-refractivity contribution in [3.05, 3.63) is 41.5 Å². The van der Waals surface area contributed by atoms with Crippen molar-refractivity contribution in [3.63, 3.8) is 0 Å². The Kier molecular flexibility index (Phi) is 5.57. The summed E-state index contributed by atoms with van der Waals surface area (Å²) >= 11 is 0. The topological polar surface area (TPSA) is 35.2 Å². The van der Waals surface area contributed by atoms with E-state index >= 15 is 0 Å². The molecular weight excluding hydrogens is 222 g/mol. The van der Waals surface area contributed by atoms with E-state index < -0.39 is 0 Å². The van der Waals surface area contributed by atoms with Gasteiger partial charge in [0, 0.05) is 13.2 Å². The predicted molar refractivity (Wildman–Crippen MR) is 78.8 cm³/mol. The number of hydrogen-bond donors (Lipinski definition) is 1. The molecule has 0 aliphatic heterocycles. The van der Waals surface area contributed by atoms with Gasteiger partial charge in [0.15, 0.2) is 0 Å². The van der Waals surface area contributed by atoms with E-state index in [0.29, 0.717) is 12.5 Å². The number of methoxy groups -OCH3 is 1. The van der Waals surface area contributed by atoms with Crippen LogP contribution in [0.2, 0.25) is 0 Å². The van der Waals surface area contributed by atoms with Crippen molar-refractivity contribution in [1.82, 2.24) is 0 Å².